The van der Waals surface area contributed by atoms with Gasteiger partial charge in [0.05, 0.1) is 12.1 Å². The Labute approximate surface area is 69.8 Å². The largest absolute Gasteiger partial charge is 0.392 e. The molecule has 1 fully saturated rings. The zero-order valence-electron chi connectivity index (χ0n) is 6.82. The minimum Gasteiger partial charge on any atom is -0.392 e. The van der Waals surface area contributed by atoms with Crippen LogP contribution in [0.3, 0.4) is 0 Å². The van der Waals surface area contributed by atoms with E-state index in [1.54, 1.807) is 6.92 Å². The monoisotopic (exact) mass is 169 g/mol. The lowest BCUT2D eigenvalue weighted by atomic mass is 10.2. The molecule has 1 aromatic heterocycles. The van der Waals surface area contributed by atoms with Crippen LogP contribution in [0.25, 0.3) is 0 Å². The number of hydrogen-bond acceptors (Lipinski definition) is 5. The summed E-state index contributed by atoms with van der Waals surface area (Å²) in [5.41, 5.74) is 0. The molecule has 1 saturated heterocycles. The molecule has 12 heavy (non-hydrogen) atoms. The molecule has 0 bridgehead atoms. The van der Waals surface area contributed by atoms with Gasteiger partial charge in [0, 0.05) is 6.54 Å². The second-order valence-corrected chi connectivity index (χ2v) is 3.03. The summed E-state index contributed by atoms with van der Waals surface area (Å²) < 4.78 is 4.96. The van der Waals surface area contributed by atoms with Gasteiger partial charge in [-0.25, -0.2) is 0 Å². The maximum atomic E-state index is 9.22. The Morgan fingerprint density at radius 2 is 2.50 bits per heavy atom. The van der Waals surface area contributed by atoms with E-state index in [1.807, 2.05) is 0 Å². The highest BCUT2D eigenvalue weighted by molar-refractivity contribution is 4.96. The second kappa shape index (κ2) is 2.84. The van der Waals surface area contributed by atoms with Gasteiger partial charge < -0.3 is 14.9 Å². The molecule has 2 rings (SSSR count). The molecule has 0 unspecified atom stereocenters. The number of aliphatic hydroxyl groups is 1. The molecule has 0 saturated carbocycles. The first-order valence-electron chi connectivity index (χ1n) is 3.97. The Balaban J connectivity index is 2.11. The Bertz CT molecular complexity index is 273. The van der Waals surface area contributed by atoms with Gasteiger partial charge in [-0.15, -0.1) is 0 Å². The summed E-state index contributed by atoms with van der Waals surface area (Å²) in [6.07, 6.45) is 0.365. The average Bonchev–Trinajstić information content (AvgIpc) is 2.58. The summed E-state index contributed by atoms with van der Waals surface area (Å²) in [4.78, 5) is 4.08. The number of aliphatic hydroxyl groups excluding tert-OH is 1. The first-order chi connectivity index (χ1) is 5.75. The highest BCUT2D eigenvalue weighted by Gasteiger charge is 2.27. The van der Waals surface area contributed by atoms with Crippen molar-refractivity contribution >= 4 is 0 Å². The lowest BCUT2D eigenvalue weighted by Crippen LogP contribution is -2.15. The fourth-order valence-electron chi connectivity index (χ4n) is 1.36. The Kier molecular flexibility index (Phi) is 1.82. The fourth-order valence-corrected chi connectivity index (χ4v) is 1.36. The summed E-state index contributed by atoms with van der Waals surface area (Å²) in [5, 5.41) is 16.0. The molecule has 1 aliphatic rings. The van der Waals surface area contributed by atoms with E-state index in [2.05, 4.69) is 15.5 Å². The topological polar surface area (TPSA) is 71.2 Å². The Hall–Kier alpha value is -0.940. The maximum Gasteiger partial charge on any atom is 0.243 e. The van der Waals surface area contributed by atoms with Crippen LogP contribution < -0.4 is 5.32 Å². The normalized spacial score (nSPS) is 29.5. The van der Waals surface area contributed by atoms with Gasteiger partial charge in [-0.3, -0.25) is 0 Å². The molecule has 2 N–H and O–H groups in total. The molecular weight excluding hydrogens is 158 g/mol. The highest BCUT2D eigenvalue weighted by atomic mass is 16.5. The van der Waals surface area contributed by atoms with Gasteiger partial charge in [0.1, 0.15) is 0 Å². The predicted octanol–water partition coefficient (Wildman–Crippen LogP) is -0.227. The number of aryl methyl sites for hydroxylation is 1. The number of β-amino-alcohol motifs (C(OH)–C–C–N with tert-alkyl or cyclic N) is 1. The predicted molar refractivity (Wildman–Crippen MR) is 40.4 cm³/mol. The van der Waals surface area contributed by atoms with Gasteiger partial charge in [-0.2, -0.15) is 4.98 Å². The third kappa shape index (κ3) is 1.33. The number of rotatable bonds is 1. The summed E-state index contributed by atoms with van der Waals surface area (Å²) in [5.74, 6) is 1.21. The minimum atomic E-state index is -0.290. The number of nitrogens with one attached hydrogen (secondary N) is 1. The van der Waals surface area contributed by atoms with Crippen molar-refractivity contribution in [3.8, 4) is 0 Å². The summed E-state index contributed by atoms with van der Waals surface area (Å²) in [6, 6.07) is 0.0289. The standard InChI is InChI=1S/C7H11N3O2/c1-4-9-7(12-10-4)6-2-5(11)3-8-6/h5-6,8,11H,2-3H2,1H3/t5-,6-/m0/s1. The molecule has 1 aliphatic heterocycles. The van der Waals surface area contributed by atoms with Crippen LogP contribution >= 0.6 is 0 Å². The van der Waals surface area contributed by atoms with Crippen molar-refractivity contribution in [2.24, 2.45) is 0 Å². The number of nitrogens with zero attached hydrogens (tertiary/aromatic N) is 2. The molecule has 0 spiro atoms. The molecule has 0 aliphatic carbocycles. The molecule has 66 valence electrons. The van der Waals surface area contributed by atoms with E-state index in [0.717, 1.165) is 0 Å². The minimum absolute atomic E-state index is 0.0289. The molecule has 0 amide bonds. The lowest BCUT2D eigenvalue weighted by Gasteiger charge is -2.01. The zero-order chi connectivity index (χ0) is 8.55. The van der Waals surface area contributed by atoms with Gasteiger partial charge in [0.15, 0.2) is 5.82 Å². The smallest absolute Gasteiger partial charge is 0.243 e. The highest BCUT2D eigenvalue weighted by Crippen LogP contribution is 2.21. The van der Waals surface area contributed by atoms with Crippen LogP contribution in [0.5, 0.6) is 0 Å². The van der Waals surface area contributed by atoms with Gasteiger partial charge >= 0.3 is 0 Å². The third-order valence-corrected chi connectivity index (χ3v) is 1.95. The van der Waals surface area contributed by atoms with E-state index in [0.29, 0.717) is 24.7 Å². The maximum absolute atomic E-state index is 9.22. The molecule has 0 aromatic carbocycles. The SMILES string of the molecule is Cc1noc([C@@H]2C[C@H](O)CN2)n1. The molecule has 0 radical (unpaired) electrons. The van der Waals surface area contributed by atoms with Crippen molar-refractivity contribution in [2.75, 3.05) is 6.54 Å². The van der Waals surface area contributed by atoms with Crippen LogP contribution in [0.2, 0.25) is 0 Å². The first kappa shape index (κ1) is 7.70. The zero-order valence-corrected chi connectivity index (χ0v) is 6.82. The fraction of sp³-hybridized carbons (Fsp3) is 0.714. The van der Waals surface area contributed by atoms with E-state index in [9.17, 15) is 5.11 Å². The Morgan fingerprint density at radius 1 is 1.67 bits per heavy atom. The van der Waals surface area contributed by atoms with Crippen LogP contribution in [0.1, 0.15) is 24.2 Å². The Morgan fingerprint density at radius 3 is 3.00 bits per heavy atom. The summed E-state index contributed by atoms with van der Waals surface area (Å²) in [6.45, 7) is 2.38. The van der Waals surface area contributed by atoms with E-state index in [4.69, 9.17) is 4.52 Å². The molecule has 2 heterocycles. The van der Waals surface area contributed by atoms with Crippen molar-refractivity contribution in [3.63, 3.8) is 0 Å². The van der Waals surface area contributed by atoms with Crippen LogP contribution in [0, 0.1) is 6.92 Å². The van der Waals surface area contributed by atoms with Crippen molar-refractivity contribution in [3.05, 3.63) is 11.7 Å². The molecule has 1 aromatic rings. The van der Waals surface area contributed by atoms with Crippen LogP contribution in [0.4, 0.5) is 0 Å². The van der Waals surface area contributed by atoms with E-state index < -0.39 is 0 Å². The quantitative estimate of drug-likeness (QED) is 0.607. The van der Waals surface area contributed by atoms with Crippen molar-refractivity contribution < 1.29 is 9.63 Å². The van der Waals surface area contributed by atoms with Gasteiger partial charge in [-0.05, 0) is 13.3 Å². The van der Waals surface area contributed by atoms with Crippen molar-refractivity contribution in [2.45, 2.75) is 25.5 Å². The lowest BCUT2D eigenvalue weighted by molar-refractivity contribution is 0.191. The molecule has 5 heteroatoms. The van der Waals surface area contributed by atoms with E-state index in [-0.39, 0.29) is 12.1 Å². The van der Waals surface area contributed by atoms with Crippen LogP contribution in [-0.2, 0) is 0 Å². The number of hydrogen-bond donors (Lipinski definition) is 2. The van der Waals surface area contributed by atoms with Gasteiger partial charge in [-0.1, -0.05) is 5.16 Å². The average molecular weight is 169 g/mol. The van der Waals surface area contributed by atoms with Crippen molar-refractivity contribution in [1.82, 2.24) is 15.5 Å². The first-order valence-corrected chi connectivity index (χ1v) is 3.97. The van der Waals surface area contributed by atoms with Crippen molar-refractivity contribution in [1.29, 1.82) is 0 Å². The van der Waals surface area contributed by atoms with Gasteiger partial charge in [0.25, 0.3) is 0 Å². The third-order valence-electron chi connectivity index (χ3n) is 1.95. The molecule has 2 atom stereocenters. The second-order valence-electron chi connectivity index (χ2n) is 3.03. The molecule has 5 nitrogen and oxygen atoms in total. The van der Waals surface area contributed by atoms with E-state index in [1.165, 1.54) is 0 Å². The summed E-state index contributed by atoms with van der Waals surface area (Å²) in [7, 11) is 0. The van der Waals surface area contributed by atoms with Gasteiger partial charge in [0.2, 0.25) is 5.89 Å². The number of aromatic nitrogens is 2. The molecular formula is C7H11N3O2. The summed E-state index contributed by atoms with van der Waals surface area (Å²) >= 11 is 0. The van der Waals surface area contributed by atoms with Crippen LogP contribution in [0.15, 0.2) is 4.52 Å². The van der Waals surface area contributed by atoms with Crippen LogP contribution in [-0.4, -0.2) is 27.9 Å². The van der Waals surface area contributed by atoms with E-state index >= 15 is 0 Å².